The molecule has 0 aliphatic carbocycles. The van der Waals surface area contributed by atoms with Crippen molar-refractivity contribution in [2.45, 2.75) is 26.5 Å². The largest absolute Gasteiger partial charge is 0.493 e. The second-order valence-electron chi connectivity index (χ2n) is 5.77. The standard InChI is InChI=1S/C20H27BrN2O2.2ClH/c1-3-22-10-7-11-23-14-17-12-18(21)20(19(13-17)24-2)25-15-16-8-5-4-6-9-16;;/h4-6,8-9,12-13,22-23H,3,7,10-11,14-15H2,1-2H3;2*1H. The Morgan fingerprint density at radius 3 is 2.33 bits per heavy atom. The number of ether oxygens (including phenoxy) is 2. The molecule has 0 aliphatic heterocycles. The van der Waals surface area contributed by atoms with E-state index in [1.165, 1.54) is 5.56 Å². The van der Waals surface area contributed by atoms with Crippen LogP contribution in [0.4, 0.5) is 0 Å². The highest BCUT2D eigenvalue weighted by Crippen LogP contribution is 2.37. The second-order valence-corrected chi connectivity index (χ2v) is 6.62. The van der Waals surface area contributed by atoms with Gasteiger partial charge in [-0.25, -0.2) is 0 Å². The summed E-state index contributed by atoms with van der Waals surface area (Å²) in [6.07, 6.45) is 1.12. The van der Waals surface area contributed by atoms with Gasteiger partial charge in [-0.2, -0.15) is 0 Å². The minimum Gasteiger partial charge on any atom is -0.493 e. The molecule has 2 aromatic rings. The highest BCUT2D eigenvalue weighted by Gasteiger charge is 2.12. The van der Waals surface area contributed by atoms with Gasteiger partial charge in [0.1, 0.15) is 6.61 Å². The average Bonchev–Trinajstić information content (AvgIpc) is 2.64. The van der Waals surface area contributed by atoms with Gasteiger partial charge >= 0.3 is 0 Å². The van der Waals surface area contributed by atoms with Crippen LogP contribution < -0.4 is 20.1 Å². The third kappa shape index (κ3) is 9.17. The van der Waals surface area contributed by atoms with E-state index in [0.717, 1.165) is 54.1 Å². The lowest BCUT2D eigenvalue weighted by Crippen LogP contribution is -2.21. The molecule has 0 unspecified atom stereocenters. The van der Waals surface area contributed by atoms with Gasteiger partial charge in [-0.05, 0) is 65.2 Å². The van der Waals surface area contributed by atoms with Crippen molar-refractivity contribution >= 4 is 40.7 Å². The van der Waals surface area contributed by atoms with Crippen LogP contribution in [0.2, 0.25) is 0 Å². The maximum absolute atomic E-state index is 5.97. The fourth-order valence-electron chi connectivity index (χ4n) is 2.49. The average molecular weight is 480 g/mol. The summed E-state index contributed by atoms with van der Waals surface area (Å²) >= 11 is 3.61. The van der Waals surface area contributed by atoms with Crippen LogP contribution in [0.1, 0.15) is 24.5 Å². The SMILES string of the molecule is CCNCCCNCc1cc(Br)c(OCc2ccccc2)c(OC)c1.Cl.Cl. The summed E-state index contributed by atoms with van der Waals surface area (Å²) in [5.74, 6) is 1.48. The molecule has 4 nitrogen and oxygen atoms in total. The Kier molecular flexibility index (Phi) is 14.5. The van der Waals surface area contributed by atoms with E-state index < -0.39 is 0 Å². The second kappa shape index (κ2) is 15.0. The van der Waals surface area contributed by atoms with Crippen LogP contribution >= 0.6 is 40.7 Å². The number of hydrogen-bond donors (Lipinski definition) is 2. The van der Waals surface area contributed by atoms with Gasteiger partial charge in [-0.3, -0.25) is 0 Å². The number of benzene rings is 2. The lowest BCUT2D eigenvalue weighted by atomic mass is 10.2. The highest BCUT2D eigenvalue weighted by molar-refractivity contribution is 9.10. The first-order chi connectivity index (χ1) is 12.2. The molecule has 0 saturated carbocycles. The van der Waals surface area contributed by atoms with Gasteiger partial charge in [0.2, 0.25) is 0 Å². The van der Waals surface area contributed by atoms with Crippen molar-refractivity contribution in [3.05, 3.63) is 58.1 Å². The predicted octanol–water partition coefficient (Wildman–Crippen LogP) is 4.97. The van der Waals surface area contributed by atoms with Crippen molar-refractivity contribution in [2.24, 2.45) is 0 Å². The number of hydrogen-bond acceptors (Lipinski definition) is 4. The molecule has 0 aromatic heterocycles. The van der Waals surface area contributed by atoms with Crippen molar-refractivity contribution in [1.29, 1.82) is 0 Å². The molecule has 0 atom stereocenters. The Hall–Kier alpha value is -0.980. The molecule has 0 heterocycles. The molecule has 0 saturated heterocycles. The first-order valence-electron chi connectivity index (χ1n) is 8.69. The van der Waals surface area contributed by atoms with E-state index in [1.54, 1.807) is 7.11 Å². The maximum atomic E-state index is 5.97. The summed E-state index contributed by atoms with van der Waals surface area (Å²) in [4.78, 5) is 0. The van der Waals surface area contributed by atoms with Gasteiger partial charge in [-0.15, -0.1) is 24.8 Å². The van der Waals surface area contributed by atoms with Crippen molar-refractivity contribution in [2.75, 3.05) is 26.7 Å². The maximum Gasteiger partial charge on any atom is 0.175 e. The number of halogens is 3. The van der Waals surface area contributed by atoms with Gasteiger partial charge in [0, 0.05) is 6.54 Å². The minimum absolute atomic E-state index is 0. The van der Waals surface area contributed by atoms with Crippen molar-refractivity contribution < 1.29 is 9.47 Å². The first kappa shape index (κ1) is 26.0. The molecule has 152 valence electrons. The van der Waals surface area contributed by atoms with Crippen molar-refractivity contribution in [3.63, 3.8) is 0 Å². The van der Waals surface area contributed by atoms with Gasteiger partial charge in [0.25, 0.3) is 0 Å². The normalized spacial score (nSPS) is 9.89. The summed E-state index contributed by atoms with van der Waals surface area (Å²) in [7, 11) is 1.67. The quantitative estimate of drug-likeness (QED) is 0.446. The Labute approximate surface area is 183 Å². The van der Waals surface area contributed by atoms with Crippen LogP contribution in [0.25, 0.3) is 0 Å². The molecular formula is C20H29BrCl2N2O2. The molecule has 0 bridgehead atoms. The van der Waals surface area contributed by atoms with E-state index in [4.69, 9.17) is 9.47 Å². The van der Waals surface area contributed by atoms with E-state index >= 15 is 0 Å². The zero-order chi connectivity index (χ0) is 17.9. The minimum atomic E-state index is 0. The van der Waals surface area contributed by atoms with Crippen LogP contribution in [0.5, 0.6) is 11.5 Å². The molecule has 27 heavy (non-hydrogen) atoms. The third-order valence-electron chi connectivity index (χ3n) is 3.80. The van der Waals surface area contributed by atoms with Crippen molar-refractivity contribution in [1.82, 2.24) is 10.6 Å². The van der Waals surface area contributed by atoms with Crippen LogP contribution in [0.3, 0.4) is 0 Å². The van der Waals surface area contributed by atoms with E-state index in [9.17, 15) is 0 Å². The lowest BCUT2D eigenvalue weighted by molar-refractivity contribution is 0.282. The van der Waals surface area contributed by atoms with E-state index in [2.05, 4.69) is 39.6 Å². The molecule has 2 aromatic carbocycles. The van der Waals surface area contributed by atoms with Gasteiger partial charge in [0.15, 0.2) is 11.5 Å². The highest BCUT2D eigenvalue weighted by atomic mass is 79.9. The predicted molar refractivity (Wildman–Crippen MR) is 121 cm³/mol. The Balaban J connectivity index is 0.00000338. The molecule has 2 N–H and O–H groups in total. The monoisotopic (exact) mass is 478 g/mol. The summed E-state index contributed by atoms with van der Waals surface area (Å²) in [5.41, 5.74) is 2.29. The first-order valence-corrected chi connectivity index (χ1v) is 9.48. The molecule has 7 heteroatoms. The van der Waals surface area contributed by atoms with Crippen molar-refractivity contribution in [3.8, 4) is 11.5 Å². The van der Waals surface area contributed by atoms with Gasteiger partial charge in [0.05, 0.1) is 11.6 Å². The molecule has 0 radical (unpaired) electrons. The number of methoxy groups -OCH3 is 1. The molecule has 2 rings (SSSR count). The zero-order valence-corrected chi connectivity index (χ0v) is 19.0. The Morgan fingerprint density at radius 2 is 1.67 bits per heavy atom. The zero-order valence-electron chi connectivity index (χ0n) is 15.8. The summed E-state index contributed by atoms with van der Waals surface area (Å²) in [6.45, 7) is 6.49. The van der Waals surface area contributed by atoms with Gasteiger partial charge in [-0.1, -0.05) is 37.3 Å². The fraction of sp³-hybridized carbons (Fsp3) is 0.400. The lowest BCUT2D eigenvalue weighted by Gasteiger charge is -2.15. The molecule has 0 aliphatic rings. The van der Waals surface area contributed by atoms with Crippen LogP contribution in [0.15, 0.2) is 46.9 Å². The van der Waals surface area contributed by atoms with Crippen LogP contribution in [0, 0.1) is 0 Å². The van der Waals surface area contributed by atoms with Gasteiger partial charge < -0.3 is 20.1 Å². The summed E-state index contributed by atoms with van der Waals surface area (Å²) in [5, 5.41) is 6.78. The van der Waals surface area contributed by atoms with E-state index in [1.807, 2.05) is 36.4 Å². The van der Waals surface area contributed by atoms with Crippen LogP contribution in [-0.2, 0) is 13.2 Å². The molecular weight excluding hydrogens is 451 g/mol. The summed E-state index contributed by atoms with van der Waals surface area (Å²) in [6, 6.07) is 14.2. The summed E-state index contributed by atoms with van der Waals surface area (Å²) < 4.78 is 12.4. The fourth-order valence-corrected chi connectivity index (χ4v) is 3.10. The van der Waals surface area contributed by atoms with Crippen LogP contribution in [-0.4, -0.2) is 26.7 Å². The third-order valence-corrected chi connectivity index (χ3v) is 4.39. The molecule has 0 spiro atoms. The smallest absolute Gasteiger partial charge is 0.175 e. The topological polar surface area (TPSA) is 42.5 Å². The Morgan fingerprint density at radius 1 is 0.963 bits per heavy atom. The molecule has 0 amide bonds. The van der Waals surface area contributed by atoms with E-state index in [0.29, 0.717) is 6.61 Å². The number of nitrogens with one attached hydrogen (secondary N) is 2. The molecule has 0 fully saturated rings. The Bertz CT molecular complexity index is 645. The number of rotatable bonds is 11. The van der Waals surface area contributed by atoms with E-state index in [-0.39, 0.29) is 24.8 Å².